The van der Waals surface area contributed by atoms with Gasteiger partial charge in [-0.2, -0.15) is 0 Å². The molecule has 5 rings (SSSR count). The molecule has 3 aromatic heterocycles. The van der Waals surface area contributed by atoms with E-state index in [0.29, 0.717) is 16.6 Å². The second-order valence-electron chi connectivity index (χ2n) is 5.77. The van der Waals surface area contributed by atoms with E-state index in [1.807, 2.05) is 24.3 Å². The summed E-state index contributed by atoms with van der Waals surface area (Å²) in [6.07, 6.45) is 1.53. The van der Waals surface area contributed by atoms with E-state index in [0.717, 1.165) is 16.5 Å². The third kappa shape index (κ3) is 2.01. The molecule has 0 aliphatic heterocycles. The number of nitrogens with zero attached hydrogens (tertiary/aromatic N) is 2. The second-order valence-corrected chi connectivity index (χ2v) is 7.58. The molecule has 0 aliphatic carbocycles. The highest BCUT2D eigenvalue weighted by Crippen LogP contribution is 2.31. The van der Waals surface area contributed by atoms with Crippen molar-refractivity contribution >= 4 is 43.1 Å². The Balaban J connectivity index is 1.82. The van der Waals surface area contributed by atoms with E-state index in [1.165, 1.54) is 10.2 Å². The van der Waals surface area contributed by atoms with Gasteiger partial charge in [0.25, 0.3) is 10.0 Å². The summed E-state index contributed by atoms with van der Waals surface area (Å²) in [5.41, 5.74) is 3.14. The first-order valence-corrected chi connectivity index (χ1v) is 9.18. The lowest BCUT2D eigenvalue weighted by atomic mass is 10.2. The summed E-state index contributed by atoms with van der Waals surface area (Å²) in [5, 5.41) is 0.915. The lowest BCUT2D eigenvalue weighted by Crippen LogP contribution is -2.11. The predicted octanol–water partition coefficient (Wildman–Crippen LogP) is 4.17. The smallest absolute Gasteiger partial charge is 0.268 e. The predicted molar refractivity (Wildman–Crippen MR) is 96.0 cm³/mol. The van der Waals surface area contributed by atoms with Gasteiger partial charge in [-0.1, -0.05) is 30.3 Å². The molecule has 25 heavy (non-hydrogen) atoms. The van der Waals surface area contributed by atoms with Crippen LogP contribution in [-0.2, 0) is 10.0 Å². The normalized spacial score (nSPS) is 12.3. The van der Waals surface area contributed by atoms with Gasteiger partial charge in [-0.05, 0) is 30.3 Å². The molecule has 122 valence electrons. The third-order valence-corrected chi connectivity index (χ3v) is 5.97. The Morgan fingerprint density at radius 1 is 0.880 bits per heavy atom. The van der Waals surface area contributed by atoms with Crippen molar-refractivity contribution in [3.05, 3.63) is 72.9 Å². The van der Waals surface area contributed by atoms with Gasteiger partial charge in [-0.15, -0.1) is 0 Å². The fourth-order valence-electron chi connectivity index (χ4n) is 3.07. The van der Waals surface area contributed by atoms with Crippen molar-refractivity contribution in [2.45, 2.75) is 4.90 Å². The molecule has 0 fully saturated rings. The first kappa shape index (κ1) is 14.2. The van der Waals surface area contributed by atoms with Gasteiger partial charge in [0, 0.05) is 17.6 Å². The first-order chi connectivity index (χ1) is 12.1. The van der Waals surface area contributed by atoms with Gasteiger partial charge < -0.3 is 4.42 Å². The Hall–Kier alpha value is -3.12. The maximum Gasteiger partial charge on any atom is 0.268 e. The number of fused-ring (bicyclic) bond motifs is 4. The SMILES string of the molecule is O=S(=O)(c1ccccc1)n1ccc2nc3c(cc21)oc1ccccc13. The number of hydrogen-bond acceptors (Lipinski definition) is 4. The van der Waals surface area contributed by atoms with Crippen molar-refractivity contribution in [3.63, 3.8) is 0 Å². The topological polar surface area (TPSA) is 65.1 Å². The van der Waals surface area contributed by atoms with Crippen molar-refractivity contribution in [1.82, 2.24) is 8.96 Å². The third-order valence-electron chi connectivity index (χ3n) is 4.26. The molecule has 3 heterocycles. The van der Waals surface area contributed by atoms with Crippen molar-refractivity contribution in [1.29, 1.82) is 0 Å². The number of pyridine rings is 1. The molecule has 0 saturated heterocycles. The molecule has 2 aromatic carbocycles. The molecule has 0 bridgehead atoms. The number of rotatable bonds is 2. The summed E-state index contributed by atoms with van der Waals surface area (Å²) >= 11 is 0. The van der Waals surface area contributed by atoms with Crippen LogP contribution in [0.5, 0.6) is 0 Å². The Morgan fingerprint density at radius 3 is 2.48 bits per heavy atom. The zero-order chi connectivity index (χ0) is 17.0. The Morgan fingerprint density at radius 2 is 1.64 bits per heavy atom. The van der Waals surface area contributed by atoms with Crippen LogP contribution in [-0.4, -0.2) is 17.4 Å². The highest BCUT2D eigenvalue weighted by atomic mass is 32.2. The van der Waals surface area contributed by atoms with E-state index >= 15 is 0 Å². The maximum absolute atomic E-state index is 12.9. The quantitative estimate of drug-likeness (QED) is 0.480. The highest BCUT2D eigenvalue weighted by Gasteiger charge is 2.20. The number of para-hydroxylation sites is 1. The largest absolute Gasteiger partial charge is 0.454 e. The van der Waals surface area contributed by atoms with Crippen LogP contribution in [0.15, 0.2) is 82.2 Å². The molecule has 0 aliphatic rings. The average Bonchev–Trinajstić information content (AvgIpc) is 3.21. The minimum Gasteiger partial charge on any atom is -0.454 e. The van der Waals surface area contributed by atoms with E-state index in [2.05, 4.69) is 4.98 Å². The lowest BCUT2D eigenvalue weighted by molar-refractivity contribution is 0.589. The molecule has 0 atom stereocenters. The van der Waals surface area contributed by atoms with Crippen molar-refractivity contribution in [3.8, 4) is 0 Å². The summed E-state index contributed by atoms with van der Waals surface area (Å²) in [7, 11) is -3.69. The molecule has 0 spiro atoms. The average molecular weight is 348 g/mol. The van der Waals surface area contributed by atoms with Gasteiger partial charge in [-0.25, -0.2) is 17.4 Å². The molecule has 0 amide bonds. The minimum atomic E-state index is -3.69. The van der Waals surface area contributed by atoms with Crippen molar-refractivity contribution in [2.75, 3.05) is 0 Å². The Labute approximate surface area is 143 Å². The van der Waals surface area contributed by atoms with Gasteiger partial charge in [0.15, 0.2) is 5.58 Å². The van der Waals surface area contributed by atoms with E-state index < -0.39 is 10.0 Å². The number of hydrogen-bond donors (Lipinski definition) is 0. The molecule has 0 saturated carbocycles. The molecule has 5 aromatic rings. The molecule has 5 nitrogen and oxygen atoms in total. The van der Waals surface area contributed by atoms with Gasteiger partial charge in [-0.3, -0.25) is 0 Å². The van der Waals surface area contributed by atoms with Crippen molar-refractivity contribution < 1.29 is 12.8 Å². The molecule has 6 heteroatoms. The zero-order valence-corrected chi connectivity index (χ0v) is 13.8. The summed E-state index contributed by atoms with van der Waals surface area (Å²) in [6, 6.07) is 19.4. The zero-order valence-electron chi connectivity index (χ0n) is 13.0. The van der Waals surface area contributed by atoms with Crippen LogP contribution in [0.3, 0.4) is 0 Å². The number of benzene rings is 2. The highest BCUT2D eigenvalue weighted by molar-refractivity contribution is 7.90. The lowest BCUT2D eigenvalue weighted by Gasteiger charge is -2.07. The summed E-state index contributed by atoms with van der Waals surface area (Å²) in [4.78, 5) is 4.85. The summed E-state index contributed by atoms with van der Waals surface area (Å²) in [5.74, 6) is 0. The monoisotopic (exact) mass is 348 g/mol. The maximum atomic E-state index is 12.9. The van der Waals surface area contributed by atoms with Crippen LogP contribution in [0.2, 0.25) is 0 Å². The standard InChI is InChI=1S/C19H12N2O3S/c22-25(23,13-6-2-1-3-7-13)21-11-10-15-16(21)12-18-19(20-15)14-8-4-5-9-17(14)24-18/h1-12H. The second kappa shape index (κ2) is 4.94. The van der Waals surface area contributed by atoms with E-state index in [-0.39, 0.29) is 4.90 Å². The Bertz CT molecular complexity index is 1350. The fraction of sp³-hybridized carbons (Fsp3) is 0. The van der Waals surface area contributed by atoms with Crippen LogP contribution in [0.25, 0.3) is 33.1 Å². The number of aromatic nitrogens is 2. The van der Waals surface area contributed by atoms with Gasteiger partial charge >= 0.3 is 0 Å². The van der Waals surface area contributed by atoms with Crippen LogP contribution in [0.4, 0.5) is 0 Å². The van der Waals surface area contributed by atoms with Gasteiger partial charge in [0.2, 0.25) is 0 Å². The molecular weight excluding hydrogens is 336 g/mol. The molecular formula is C19H12N2O3S. The van der Waals surface area contributed by atoms with Gasteiger partial charge in [0.1, 0.15) is 11.1 Å². The van der Waals surface area contributed by atoms with Crippen molar-refractivity contribution in [2.24, 2.45) is 0 Å². The van der Waals surface area contributed by atoms with Gasteiger partial charge in [0.05, 0.1) is 15.9 Å². The molecule has 0 radical (unpaired) electrons. The van der Waals surface area contributed by atoms with E-state index in [1.54, 1.807) is 42.5 Å². The van der Waals surface area contributed by atoms with Crippen LogP contribution < -0.4 is 0 Å². The van der Waals surface area contributed by atoms with Crippen LogP contribution in [0.1, 0.15) is 0 Å². The fourth-order valence-corrected chi connectivity index (χ4v) is 4.43. The molecule has 0 unspecified atom stereocenters. The molecule has 0 N–H and O–H groups in total. The minimum absolute atomic E-state index is 0.234. The number of furan rings is 1. The van der Waals surface area contributed by atoms with E-state index in [4.69, 9.17) is 4.42 Å². The van der Waals surface area contributed by atoms with Crippen LogP contribution >= 0.6 is 0 Å². The summed E-state index contributed by atoms with van der Waals surface area (Å²) in [6.45, 7) is 0. The van der Waals surface area contributed by atoms with E-state index in [9.17, 15) is 8.42 Å². The first-order valence-electron chi connectivity index (χ1n) is 7.74. The summed E-state index contributed by atoms with van der Waals surface area (Å²) < 4.78 is 32.9. The van der Waals surface area contributed by atoms with Crippen LogP contribution in [0, 0.1) is 0 Å². The Kier molecular flexibility index (Phi) is 2.81.